The Labute approximate surface area is 117 Å². The van der Waals surface area contributed by atoms with Crippen LogP contribution in [0.5, 0.6) is 0 Å². The molecule has 0 spiro atoms. The Morgan fingerprint density at radius 1 is 1.42 bits per heavy atom. The van der Waals surface area contributed by atoms with E-state index < -0.39 is 4.92 Å². The summed E-state index contributed by atoms with van der Waals surface area (Å²) >= 11 is 5.33. The van der Waals surface area contributed by atoms with Crippen LogP contribution in [0, 0.1) is 17.0 Å². The molecule has 1 N–H and O–H groups in total. The Morgan fingerprint density at radius 3 is 2.63 bits per heavy atom. The maximum atomic E-state index is 10.7. The minimum Gasteiger partial charge on any atom is -0.354 e. The van der Waals surface area contributed by atoms with Gasteiger partial charge in [0.1, 0.15) is 0 Å². The summed E-state index contributed by atoms with van der Waals surface area (Å²) in [6.45, 7) is 5.88. The third-order valence-corrected chi connectivity index (χ3v) is 3.24. The van der Waals surface area contributed by atoms with Gasteiger partial charge in [-0.05, 0) is 50.7 Å². The first-order valence-corrected chi connectivity index (χ1v) is 6.27. The standard InChI is InChI=1S/C13H15N3O2S/c1-9-8-10(16(17)18)4-5-11(9)15-7-6-13(2,3)14-12(15)19/h4-8H,1-3H3,(H,14,19). The second-order valence-corrected chi connectivity index (χ2v) is 5.45. The normalized spacial score (nSPS) is 17.2. The Hall–Kier alpha value is -1.95. The van der Waals surface area contributed by atoms with Crippen LogP contribution in [0.25, 0.3) is 0 Å². The molecule has 1 aromatic carbocycles. The Kier molecular flexibility index (Phi) is 3.28. The smallest absolute Gasteiger partial charge is 0.269 e. The zero-order valence-corrected chi connectivity index (χ0v) is 11.8. The topological polar surface area (TPSA) is 58.4 Å². The zero-order valence-electron chi connectivity index (χ0n) is 11.0. The average molecular weight is 277 g/mol. The predicted octanol–water partition coefficient (Wildman–Crippen LogP) is 2.89. The van der Waals surface area contributed by atoms with Gasteiger partial charge in [-0.2, -0.15) is 0 Å². The second kappa shape index (κ2) is 4.62. The van der Waals surface area contributed by atoms with Crippen molar-refractivity contribution in [2.45, 2.75) is 26.3 Å². The Balaban J connectivity index is 2.38. The summed E-state index contributed by atoms with van der Waals surface area (Å²) in [7, 11) is 0. The van der Waals surface area contributed by atoms with Gasteiger partial charge in [0.2, 0.25) is 0 Å². The molecule has 0 saturated carbocycles. The van der Waals surface area contributed by atoms with Crippen molar-refractivity contribution in [3.05, 3.63) is 46.2 Å². The van der Waals surface area contributed by atoms with Crippen molar-refractivity contribution in [2.75, 3.05) is 4.90 Å². The number of hydrogen-bond acceptors (Lipinski definition) is 3. The predicted molar refractivity (Wildman–Crippen MR) is 79.3 cm³/mol. The van der Waals surface area contributed by atoms with Gasteiger partial charge in [0, 0.05) is 18.3 Å². The molecule has 0 fully saturated rings. The number of nitrogens with zero attached hydrogens (tertiary/aromatic N) is 2. The molecule has 19 heavy (non-hydrogen) atoms. The molecule has 1 aliphatic heterocycles. The molecule has 1 heterocycles. The van der Waals surface area contributed by atoms with E-state index in [1.165, 1.54) is 6.07 Å². The highest BCUT2D eigenvalue weighted by Crippen LogP contribution is 2.27. The van der Waals surface area contributed by atoms with Gasteiger partial charge in [-0.15, -0.1) is 0 Å². The fourth-order valence-corrected chi connectivity index (χ4v) is 2.34. The van der Waals surface area contributed by atoms with E-state index in [4.69, 9.17) is 12.2 Å². The summed E-state index contributed by atoms with van der Waals surface area (Å²) in [5, 5.41) is 14.5. The third kappa shape index (κ3) is 2.73. The lowest BCUT2D eigenvalue weighted by atomic mass is 10.0. The third-order valence-electron chi connectivity index (χ3n) is 2.94. The lowest BCUT2D eigenvalue weighted by molar-refractivity contribution is -0.384. The summed E-state index contributed by atoms with van der Waals surface area (Å²) in [5.74, 6) is 0. The van der Waals surface area contributed by atoms with Crippen molar-refractivity contribution in [2.24, 2.45) is 0 Å². The molecular weight excluding hydrogens is 262 g/mol. The maximum absolute atomic E-state index is 10.7. The Morgan fingerprint density at radius 2 is 2.11 bits per heavy atom. The molecule has 0 bridgehead atoms. The quantitative estimate of drug-likeness (QED) is 0.512. The van der Waals surface area contributed by atoms with Crippen LogP contribution < -0.4 is 10.2 Å². The number of aryl methyl sites for hydroxylation is 1. The van der Waals surface area contributed by atoms with E-state index in [-0.39, 0.29) is 11.2 Å². The summed E-state index contributed by atoms with van der Waals surface area (Å²) in [6, 6.07) is 4.74. The van der Waals surface area contributed by atoms with Crippen LogP contribution in [0.4, 0.5) is 11.4 Å². The molecule has 2 rings (SSSR count). The van der Waals surface area contributed by atoms with E-state index >= 15 is 0 Å². The van der Waals surface area contributed by atoms with Gasteiger partial charge in [-0.3, -0.25) is 15.0 Å². The van der Waals surface area contributed by atoms with Crippen LogP contribution in [0.15, 0.2) is 30.5 Å². The molecule has 0 aromatic heterocycles. The van der Waals surface area contributed by atoms with Gasteiger partial charge in [0.05, 0.1) is 16.1 Å². The number of nitrogens with one attached hydrogen (secondary N) is 1. The lowest BCUT2D eigenvalue weighted by Crippen LogP contribution is -2.51. The molecule has 0 amide bonds. The van der Waals surface area contributed by atoms with Crippen LogP contribution >= 0.6 is 12.2 Å². The fourth-order valence-electron chi connectivity index (χ4n) is 1.92. The minimum atomic E-state index is -0.400. The molecular formula is C13H15N3O2S. The minimum absolute atomic E-state index is 0.0847. The number of anilines is 1. The number of rotatable bonds is 2. The number of nitro groups is 1. The monoisotopic (exact) mass is 277 g/mol. The van der Waals surface area contributed by atoms with Crippen molar-refractivity contribution in [1.82, 2.24) is 5.32 Å². The van der Waals surface area contributed by atoms with E-state index in [1.54, 1.807) is 12.1 Å². The number of nitro benzene ring substituents is 1. The van der Waals surface area contributed by atoms with E-state index in [9.17, 15) is 10.1 Å². The molecule has 1 aromatic rings. The number of benzene rings is 1. The number of non-ortho nitro benzene ring substituents is 1. The summed E-state index contributed by atoms with van der Waals surface area (Å²) < 4.78 is 0. The van der Waals surface area contributed by atoms with Gasteiger partial charge in [0.25, 0.3) is 5.69 Å². The molecule has 100 valence electrons. The van der Waals surface area contributed by atoms with E-state index in [2.05, 4.69) is 5.32 Å². The average Bonchev–Trinajstić information content (AvgIpc) is 2.29. The largest absolute Gasteiger partial charge is 0.354 e. The van der Waals surface area contributed by atoms with Gasteiger partial charge >= 0.3 is 0 Å². The molecule has 0 atom stereocenters. The van der Waals surface area contributed by atoms with Gasteiger partial charge < -0.3 is 5.32 Å². The number of thiocarbonyl (C=S) groups is 1. The zero-order chi connectivity index (χ0) is 14.2. The molecule has 1 aliphatic rings. The van der Waals surface area contributed by atoms with Crippen LogP contribution in [0.2, 0.25) is 0 Å². The highest BCUT2D eigenvalue weighted by molar-refractivity contribution is 7.80. The molecule has 0 radical (unpaired) electrons. The highest BCUT2D eigenvalue weighted by atomic mass is 32.1. The van der Waals surface area contributed by atoms with Crippen molar-refractivity contribution in [3.63, 3.8) is 0 Å². The van der Waals surface area contributed by atoms with Crippen LogP contribution in [0.1, 0.15) is 19.4 Å². The van der Waals surface area contributed by atoms with E-state index in [0.717, 1.165) is 11.3 Å². The number of hydrogen-bond donors (Lipinski definition) is 1. The lowest BCUT2D eigenvalue weighted by Gasteiger charge is -2.35. The van der Waals surface area contributed by atoms with Crippen LogP contribution in [0.3, 0.4) is 0 Å². The first kappa shape index (κ1) is 13.5. The fraction of sp³-hybridized carbons (Fsp3) is 0.308. The molecule has 6 heteroatoms. The highest BCUT2D eigenvalue weighted by Gasteiger charge is 2.24. The van der Waals surface area contributed by atoms with Gasteiger partial charge in [0.15, 0.2) is 5.11 Å². The first-order valence-electron chi connectivity index (χ1n) is 5.86. The van der Waals surface area contributed by atoms with Crippen LogP contribution in [-0.2, 0) is 0 Å². The molecule has 0 aliphatic carbocycles. The summed E-state index contributed by atoms with van der Waals surface area (Å²) in [4.78, 5) is 12.1. The van der Waals surface area contributed by atoms with E-state index in [0.29, 0.717) is 5.11 Å². The second-order valence-electron chi connectivity index (χ2n) is 5.07. The maximum Gasteiger partial charge on any atom is 0.269 e. The van der Waals surface area contributed by atoms with E-state index in [1.807, 2.05) is 37.9 Å². The first-order chi connectivity index (χ1) is 8.80. The molecule has 5 nitrogen and oxygen atoms in total. The molecule has 0 saturated heterocycles. The van der Waals surface area contributed by atoms with Gasteiger partial charge in [-0.25, -0.2) is 0 Å². The summed E-state index contributed by atoms with van der Waals surface area (Å²) in [5.41, 5.74) is 1.56. The Bertz CT molecular complexity index is 581. The molecule has 0 unspecified atom stereocenters. The SMILES string of the molecule is Cc1cc([N+](=O)[O-])ccc1N1C=CC(C)(C)NC1=S. The van der Waals surface area contributed by atoms with Crippen molar-refractivity contribution in [1.29, 1.82) is 0 Å². The van der Waals surface area contributed by atoms with Crippen LogP contribution in [-0.4, -0.2) is 15.6 Å². The van der Waals surface area contributed by atoms with Crippen molar-refractivity contribution >= 4 is 28.7 Å². The van der Waals surface area contributed by atoms with Gasteiger partial charge in [-0.1, -0.05) is 0 Å². The van der Waals surface area contributed by atoms with Crippen molar-refractivity contribution < 1.29 is 4.92 Å². The van der Waals surface area contributed by atoms with Crippen molar-refractivity contribution in [3.8, 4) is 0 Å². The summed E-state index contributed by atoms with van der Waals surface area (Å²) in [6.07, 6.45) is 3.90.